The van der Waals surface area contributed by atoms with E-state index in [0.29, 0.717) is 42.3 Å². The lowest BCUT2D eigenvalue weighted by atomic mass is 10.1. The number of nitrogens with one attached hydrogen (secondary N) is 1. The molecule has 3 amide bonds. The van der Waals surface area contributed by atoms with Crippen molar-refractivity contribution in [3.8, 4) is 17.6 Å². The predicted octanol–water partition coefficient (Wildman–Crippen LogP) is 5.46. The van der Waals surface area contributed by atoms with E-state index in [-0.39, 0.29) is 18.5 Å². The first-order chi connectivity index (χ1) is 18.2. The number of anilines is 1. The van der Waals surface area contributed by atoms with Crippen LogP contribution in [-0.2, 0) is 17.8 Å². The Morgan fingerprint density at radius 1 is 1.05 bits per heavy atom. The third-order valence-electron chi connectivity index (χ3n) is 6.05. The minimum Gasteiger partial charge on any atom is -0.493 e. The number of hydrogen-bond acceptors (Lipinski definition) is 6. The van der Waals surface area contributed by atoms with Crippen LogP contribution >= 0.6 is 11.3 Å². The molecule has 9 heteroatoms. The molecule has 0 aliphatic rings. The van der Waals surface area contributed by atoms with E-state index in [4.69, 9.17) is 14.7 Å². The van der Waals surface area contributed by atoms with Gasteiger partial charge < -0.3 is 24.6 Å². The topological polar surface area (TPSA) is 94.9 Å². The van der Waals surface area contributed by atoms with Gasteiger partial charge in [0, 0.05) is 28.0 Å². The van der Waals surface area contributed by atoms with E-state index >= 15 is 0 Å². The van der Waals surface area contributed by atoms with Gasteiger partial charge in [-0.05, 0) is 75.2 Å². The fraction of sp³-hybridized carbons (Fsp3) is 0.345. The minimum absolute atomic E-state index is 0.0717. The molecule has 2 aromatic carbocycles. The van der Waals surface area contributed by atoms with E-state index in [0.717, 1.165) is 10.4 Å². The summed E-state index contributed by atoms with van der Waals surface area (Å²) in [5.74, 6) is 1.14. The SMILES string of the molecule is COc1ccc(CCN(Cc2ccc(C)s2)C(=O)CN(C(=O)Nc2cccc(C#N)c2)C(C)C)cc1OC. The highest BCUT2D eigenvalue weighted by atomic mass is 32.1. The van der Waals surface area contributed by atoms with Crippen molar-refractivity contribution < 1.29 is 19.1 Å². The Hall–Kier alpha value is -4.03. The molecule has 200 valence electrons. The second kappa shape index (κ2) is 13.5. The molecule has 0 aliphatic heterocycles. The van der Waals surface area contributed by atoms with Gasteiger partial charge in [-0.25, -0.2) is 4.79 Å². The zero-order chi connectivity index (χ0) is 27.7. The summed E-state index contributed by atoms with van der Waals surface area (Å²) in [6.45, 7) is 6.64. The predicted molar refractivity (Wildman–Crippen MR) is 150 cm³/mol. The highest BCUT2D eigenvalue weighted by molar-refractivity contribution is 7.11. The molecule has 8 nitrogen and oxygen atoms in total. The average molecular weight is 535 g/mol. The number of methoxy groups -OCH3 is 2. The quantitative estimate of drug-likeness (QED) is 0.353. The Kier molecular flexibility index (Phi) is 10.1. The van der Waals surface area contributed by atoms with Crippen LogP contribution in [0.1, 0.15) is 34.7 Å². The van der Waals surface area contributed by atoms with Crippen molar-refractivity contribution >= 4 is 29.0 Å². The van der Waals surface area contributed by atoms with Crippen LogP contribution in [-0.4, -0.2) is 55.1 Å². The van der Waals surface area contributed by atoms with Crippen LogP contribution in [0.5, 0.6) is 11.5 Å². The van der Waals surface area contributed by atoms with E-state index in [9.17, 15) is 9.59 Å². The Bertz CT molecular complexity index is 1300. The summed E-state index contributed by atoms with van der Waals surface area (Å²) >= 11 is 1.65. The lowest BCUT2D eigenvalue weighted by Gasteiger charge is -2.30. The van der Waals surface area contributed by atoms with Gasteiger partial charge in [0.05, 0.1) is 32.4 Å². The number of amides is 3. The maximum absolute atomic E-state index is 13.6. The molecule has 38 heavy (non-hydrogen) atoms. The van der Waals surface area contributed by atoms with Gasteiger partial charge in [0.1, 0.15) is 6.54 Å². The number of nitriles is 1. The maximum atomic E-state index is 13.6. The smallest absolute Gasteiger partial charge is 0.322 e. The number of aryl methyl sites for hydroxylation is 1. The van der Waals surface area contributed by atoms with Gasteiger partial charge in [0.15, 0.2) is 11.5 Å². The summed E-state index contributed by atoms with van der Waals surface area (Å²) in [6.07, 6.45) is 0.616. The van der Waals surface area contributed by atoms with Crippen molar-refractivity contribution in [2.75, 3.05) is 32.6 Å². The van der Waals surface area contributed by atoms with Crippen molar-refractivity contribution in [3.63, 3.8) is 0 Å². The summed E-state index contributed by atoms with van der Waals surface area (Å²) < 4.78 is 10.8. The van der Waals surface area contributed by atoms with E-state index in [1.807, 2.05) is 51.1 Å². The van der Waals surface area contributed by atoms with Crippen LogP contribution in [0.25, 0.3) is 0 Å². The molecule has 0 saturated carbocycles. The summed E-state index contributed by atoms with van der Waals surface area (Å²) in [6, 6.07) is 18.0. The van der Waals surface area contributed by atoms with Crippen LogP contribution in [0.15, 0.2) is 54.6 Å². The molecule has 0 unspecified atom stereocenters. The number of hydrogen-bond donors (Lipinski definition) is 1. The number of carbonyl (C=O) groups excluding carboxylic acids is 2. The lowest BCUT2D eigenvalue weighted by Crippen LogP contribution is -2.47. The molecule has 0 spiro atoms. The fourth-order valence-electron chi connectivity index (χ4n) is 3.95. The first kappa shape index (κ1) is 28.5. The van der Waals surface area contributed by atoms with Crippen LogP contribution in [0.3, 0.4) is 0 Å². The Balaban J connectivity index is 1.76. The van der Waals surface area contributed by atoms with Crippen molar-refractivity contribution in [1.29, 1.82) is 5.26 Å². The third kappa shape index (κ3) is 7.73. The normalized spacial score (nSPS) is 10.6. The zero-order valence-electron chi connectivity index (χ0n) is 22.5. The highest BCUT2D eigenvalue weighted by Crippen LogP contribution is 2.28. The Morgan fingerprint density at radius 2 is 1.82 bits per heavy atom. The molecule has 1 N–H and O–H groups in total. The standard InChI is InChI=1S/C29H34N4O4S/c1-20(2)33(29(35)31-24-8-6-7-23(15-24)17-30)19-28(34)32(18-25-11-9-21(3)38-25)14-13-22-10-12-26(36-4)27(16-22)37-5/h6-12,15-16,20H,13-14,18-19H2,1-5H3,(H,31,35). The van der Waals surface area contributed by atoms with Crippen LogP contribution in [0.2, 0.25) is 0 Å². The summed E-state index contributed by atoms with van der Waals surface area (Å²) in [4.78, 5) is 32.3. The van der Waals surface area contributed by atoms with Crippen LogP contribution in [0, 0.1) is 18.3 Å². The van der Waals surface area contributed by atoms with Gasteiger partial charge in [-0.1, -0.05) is 12.1 Å². The lowest BCUT2D eigenvalue weighted by molar-refractivity contribution is -0.132. The van der Waals surface area contributed by atoms with E-state index < -0.39 is 6.03 Å². The van der Waals surface area contributed by atoms with Gasteiger partial charge in [-0.3, -0.25) is 4.79 Å². The number of thiophene rings is 1. The monoisotopic (exact) mass is 534 g/mol. The third-order valence-corrected chi connectivity index (χ3v) is 7.03. The first-order valence-corrected chi connectivity index (χ1v) is 13.2. The molecule has 0 bridgehead atoms. The maximum Gasteiger partial charge on any atom is 0.322 e. The Morgan fingerprint density at radius 3 is 2.45 bits per heavy atom. The second-order valence-electron chi connectivity index (χ2n) is 9.11. The summed E-state index contributed by atoms with van der Waals surface area (Å²) in [7, 11) is 3.19. The molecular formula is C29H34N4O4S. The van der Waals surface area contributed by atoms with E-state index in [1.54, 1.807) is 54.7 Å². The van der Waals surface area contributed by atoms with Gasteiger partial charge in [0.2, 0.25) is 5.91 Å². The molecule has 1 aromatic heterocycles. The van der Waals surface area contributed by atoms with Crippen molar-refractivity contribution in [1.82, 2.24) is 9.80 Å². The van der Waals surface area contributed by atoms with Crippen LogP contribution < -0.4 is 14.8 Å². The van der Waals surface area contributed by atoms with Crippen molar-refractivity contribution in [2.45, 2.75) is 39.8 Å². The first-order valence-electron chi connectivity index (χ1n) is 12.4. The average Bonchev–Trinajstić information content (AvgIpc) is 3.33. The largest absolute Gasteiger partial charge is 0.493 e. The molecule has 0 saturated heterocycles. The van der Waals surface area contributed by atoms with Crippen molar-refractivity contribution in [2.24, 2.45) is 0 Å². The van der Waals surface area contributed by atoms with Gasteiger partial charge in [0.25, 0.3) is 0 Å². The highest BCUT2D eigenvalue weighted by Gasteiger charge is 2.24. The van der Waals surface area contributed by atoms with Crippen LogP contribution in [0.4, 0.5) is 10.5 Å². The number of nitrogens with zero attached hydrogens (tertiary/aromatic N) is 3. The van der Waals surface area contributed by atoms with Crippen molar-refractivity contribution in [3.05, 3.63) is 75.5 Å². The molecule has 0 atom stereocenters. The summed E-state index contributed by atoms with van der Waals surface area (Å²) in [5, 5.41) is 12.0. The summed E-state index contributed by atoms with van der Waals surface area (Å²) in [5.41, 5.74) is 1.97. The number of carbonyl (C=O) groups is 2. The molecule has 0 radical (unpaired) electrons. The fourth-order valence-corrected chi connectivity index (χ4v) is 4.85. The van der Waals surface area contributed by atoms with E-state index in [1.165, 1.54) is 9.78 Å². The number of benzene rings is 2. The number of rotatable bonds is 11. The molecule has 3 aromatic rings. The molecule has 3 rings (SSSR count). The molecule has 0 aliphatic carbocycles. The zero-order valence-corrected chi connectivity index (χ0v) is 23.3. The molecular weight excluding hydrogens is 500 g/mol. The van der Waals surface area contributed by atoms with E-state index in [2.05, 4.69) is 11.4 Å². The Labute approximate surface area is 228 Å². The van der Waals surface area contributed by atoms with Gasteiger partial charge >= 0.3 is 6.03 Å². The van der Waals surface area contributed by atoms with Gasteiger partial charge in [-0.15, -0.1) is 11.3 Å². The number of urea groups is 1. The number of ether oxygens (including phenoxy) is 2. The molecule has 1 heterocycles. The second-order valence-corrected chi connectivity index (χ2v) is 10.5. The van der Waals surface area contributed by atoms with Gasteiger partial charge in [-0.2, -0.15) is 5.26 Å². The molecule has 0 fully saturated rings. The minimum atomic E-state index is -0.393.